The highest BCUT2D eigenvalue weighted by Crippen LogP contribution is 2.17. The molecule has 0 spiro atoms. The topological polar surface area (TPSA) is 52.7 Å². The van der Waals surface area contributed by atoms with Gasteiger partial charge < -0.3 is 10.2 Å². The Balaban J connectivity index is 1.46. The predicted octanol–water partition coefficient (Wildman–Crippen LogP) is 3.14. The normalized spacial score (nSPS) is 17.2. The Morgan fingerprint density at radius 1 is 0.966 bits per heavy atom. The van der Waals surface area contributed by atoms with Crippen LogP contribution in [0.1, 0.15) is 31.1 Å². The van der Waals surface area contributed by atoms with Gasteiger partial charge in [0.25, 0.3) is 5.91 Å². The third kappa shape index (κ3) is 5.67. The van der Waals surface area contributed by atoms with Crippen LogP contribution in [0.3, 0.4) is 0 Å². The molecule has 0 saturated carbocycles. The van der Waals surface area contributed by atoms with Gasteiger partial charge in [-0.2, -0.15) is 0 Å². The van der Waals surface area contributed by atoms with E-state index in [2.05, 4.69) is 46.3 Å². The van der Waals surface area contributed by atoms with Gasteiger partial charge in [-0.05, 0) is 43.3 Å². The van der Waals surface area contributed by atoms with Crippen LogP contribution in [0.4, 0.5) is 5.69 Å². The lowest BCUT2D eigenvalue weighted by atomic mass is 10.2. The molecule has 1 aliphatic heterocycles. The molecular formula is C23H31N3O2S. The van der Waals surface area contributed by atoms with Crippen LogP contribution in [0.25, 0.3) is 0 Å². The second-order valence-corrected chi connectivity index (χ2v) is 9.80. The lowest BCUT2D eigenvalue weighted by Crippen LogP contribution is -2.52. The quantitative estimate of drug-likeness (QED) is 0.758. The van der Waals surface area contributed by atoms with Gasteiger partial charge in [-0.25, -0.2) is 0 Å². The van der Waals surface area contributed by atoms with Gasteiger partial charge >= 0.3 is 0 Å². The highest BCUT2D eigenvalue weighted by molar-refractivity contribution is 7.85. The number of rotatable bonds is 7. The molecule has 0 bridgehead atoms. The van der Waals surface area contributed by atoms with Gasteiger partial charge in [-0.3, -0.25) is 13.9 Å². The molecule has 2 aromatic carbocycles. The van der Waals surface area contributed by atoms with Crippen LogP contribution in [0.15, 0.2) is 59.5 Å². The van der Waals surface area contributed by atoms with Crippen LogP contribution in [0.5, 0.6) is 0 Å². The maximum atomic E-state index is 12.5. The summed E-state index contributed by atoms with van der Waals surface area (Å²) < 4.78 is 12.1. The molecule has 0 aromatic heterocycles. The van der Waals surface area contributed by atoms with E-state index in [-0.39, 0.29) is 17.2 Å². The predicted molar refractivity (Wildman–Crippen MR) is 120 cm³/mol. The summed E-state index contributed by atoms with van der Waals surface area (Å²) in [6.07, 6.45) is 0. The van der Waals surface area contributed by atoms with E-state index in [1.165, 1.54) is 5.69 Å². The standard InChI is InChI=1S/C23H31N3O2S/c1-18(2)29(28)22-11-9-20(10-12-22)23(27)24-17-19(3)25-13-15-26(16-14-25)21-7-5-4-6-8-21/h4-12,18-19H,13-17H2,1-3H3,(H,24,27)/t19-,29-/m0/s1. The number of carbonyl (C=O) groups is 1. The van der Waals surface area contributed by atoms with E-state index in [0.717, 1.165) is 31.1 Å². The summed E-state index contributed by atoms with van der Waals surface area (Å²) in [6, 6.07) is 17.9. The zero-order valence-electron chi connectivity index (χ0n) is 17.5. The van der Waals surface area contributed by atoms with Gasteiger partial charge in [-0.1, -0.05) is 32.0 Å². The summed E-state index contributed by atoms with van der Waals surface area (Å²) >= 11 is 0. The number of para-hydroxylation sites is 1. The molecule has 1 aliphatic rings. The molecule has 1 N–H and O–H groups in total. The molecule has 1 heterocycles. The van der Waals surface area contributed by atoms with Gasteiger partial charge in [0.15, 0.2) is 0 Å². The summed E-state index contributed by atoms with van der Waals surface area (Å²) in [4.78, 5) is 18.1. The van der Waals surface area contributed by atoms with Gasteiger partial charge in [0.1, 0.15) is 0 Å². The minimum absolute atomic E-state index is 0.0675. The number of piperazine rings is 1. The van der Waals surface area contributed by atoms with Crippen LogP contribution >= 0.6 is 0 Å². The number of benzene rings is 2. The van der Waals surface area contributed by atoms with Gasteiger partial charge in [0.05, 0.1) is 10.8 Å². The Morgan fingerprint density at radius 2 is 1.59 bits per heavy atom. The third-order valence-corrected chi connectivity index (χ3v) is 6.99. The Bertz CT molecular complexity index is 816. The van der Waals surface area contributed by atoms with Crippen LogP contribution < -0.4 is 10.2 Å². The molecule has 6 heteroatoms. The number of hydrogen-bond acceptors (Lipinski definition) is 4. The van der Waals surface area contributed by atoms with E-state index in [1.54, 1.807) is 24.3 Å². The average molecular weight is 414 g/mol. The highest BCUT2D eigenvalue weighted by atomic mass is 32.2. The minimum atomic E-state index is -1.03. The monoisotopic (exact) mass is 413 g/mol. The van der Waals surface area contributed by atoms with Crippen molar-refractivity contribution >= 4 is 22.4 Å². The average Bonchev–Trinajstić information content (AvgIpc) is 2.77. The number of anilines is 1. The molecule has 2 aromatic rings. The van der Waals surface area contributed by atoms with E-state index in [1.807, 2.05) is 19.9 Å². The lowest BCUT2D eigenvalue weighted by molar-refractivity contribution is 0.0934. The molecule has 156 valence electrons. The first-order valence-corrected chi connectivity index (χ1v) is 11.5. The Hall–Kier alpha value is -2.18. The zero-order chi connectivity index (χ0) is 20.8. The van der Waals surface area contributed by atoms with Crippen molar-refractivity contribution in [3.63, 3.8) is 0 Å². The van der Waals surface area contributed by atoms with E-state index in [4.69, 9.17) is 0 Å². The van der Waals surface area contributed by atoms with Crippen molar-refractivity contribution in [1.82, 2.24) is 10.2 Å². The third-order valence-electron chi connectivity index (χ3n) is 5.39. The van der Waals surface area contributed by atoms with E-state index in [9.17, 15) is 9.00 Å². The fourth-order valence-electron chi connectivity index (χ4n) is 3.54. The number of carbonyl (C=O) groups excluding carboxylic acids is 1. The molecule has 1 fully saturated rings. The van der Waals surface area contributed by atoms with Crippen molar-refractivity contribution in [3.05, 3.63) is 60.2 Å². The zero-order valence-corrected chi connectivity index (χ0v) is 18.3. The maximum Gasteiger partial charge on any atom is 0.251 e. The molecule has 0 radical (unpaired) electrons. The SMILES string of the molecule is CC(C)[S@](=O)c1ccc(C(=O)NC[C@H](C)N2CCN(c3ccccc3)CC2)cc1. The van der Waals surface area contributed by atoms with Gasteiger partial charge in [0.2, 0.25) is 0 Å². The lowest BCUT2D eigenvalue weighted by Gasteiger charge is -2.39. The second kappa shape index (κ2) is 10.0. The first-order valence-electron chi connectivity index (χ1n) is 10.3. The molecule has 29 heavy (non-hydrogen) atoms. The van der Waals surface area contributed by atoms with Crippen molar-refractivity contribution in [1.29, 1.82) is 0 Å². The molecular weight excluding hydrogens is 382 g/mol. The minimum Gasteiger partial charge on any atom is -0.369 e. The first-order chi connectivity index (χ1) is 14.0. The van der Waals surface area contributed by atoms with Crippen LogP contribution in [-0.4, -0.2) is 59.0 Å². The maximum absolute atomic E-state index is 12.5. The van der Waals surface area contributed by atoms with Crippen molar-refractivity contribution in [2.45, 2.75) is 37.0 Å². The van der Waals surface area contributed by atoms with Crippen molar-refractivity contribution in [2.24, 2.45) is 0 Å². The van der Waals surface area contributed by atoms with Crippen LogP contribution in [-0.2, 0) is 10.8 Å². The second-order valence-electron chi connectivity index (χ2n) is 7.79. The first kappa shape index (κ1) is 21.5. The largest absolute Gasteiger partial charge is 0.369 e. The summed E-state index contributed by atoms with van der Waals surface area (Å²) in [7, 11) is -1.03. The van der Waals surface area contributed by atoms with Crippen molar-refractivity contribution < 1.29 is 9.00 Å². The Labute approximate surface area is 176 Å². The number of nitrogens with one attached hydrogen (secondary N) is 1. The van der Waals surface area contributed by atoms with E-state index in [0.29, 0.717) is 12.1 Å². The van der Waals surface area contributed by atoms with Crippen molar-refractivity contribution in [2.75, 3.05) is 37.6 Å². The molecule has 2 atom stereocenters. The molecule has 0 aliphatic carbocycles. The Kier molecular flexibility index (Phi) is 7.45. The summed E-state index contributed by atoms with van der Waals surface area (Å²) in [5.41, 5.74) is 1.88. The van der Waals surface area contributed by atoms with Crippen molar-refractivity contribution in [3.8, 4) is 0 Å². The van der Waals surface area contributed by atoms with E-state index < -0.39 is 10.8 Å². The fourth-order valence-corrected chi connectivity index (χ4v) is 4.49. The summed E-state index contributed by atoms with van der Waals surface area (Å²) in [6.45, 7) is 10.6. The van der Waals surface area contributed by atoms with Crippen LogP contribution in [0.2, 0.25) is 0 Å². The van der Waals surface area contributed by atoms with E-state index >= 15 is 0 Å². The van der Waals surface area contributed by atoms with Crippen LogP contribution in [0, 0.1) is 0 Å². The fraction of sp³-hybridized carbons (Fsp3) is 0.435. The smallest absolute Gasteiger partial charge is 0.251 e. The molecule has 3 rings (SSSR count). The summed E-state index contributed by atoms with van der Waals surface area (Å²) in [5.74, 6) is -0.0818. The molecule has 1 amide bonds. The van der Waals surface area contributed by atoms with Gasteiger partial charge in [0, 0.05) is 60.2 Å². The number of hydrogen-bond donors (Lipinski definition) is 1. The summed E-state index contributed by atoms with van der Waals surface area (Å²) in [5, 5.41) is 3.11. The molecule has 5 nitrogen and oxygen atoms in total. The molecule has 1 saturated heterocycles. The highest BCUT2D eigenvalue weighted by Gasteiger charge is 2.21. The number of nitrogens with zero attached hydrogens (tertiary/aromatic N) is 2. The number of amides is 1. The van der Waals surface area contributed by atoms with Gasteiger partial charge in [-0.15, -0.1) is 0 Å². The Morgan fingerprint density at radius 3 is 2.17 bits per heavy atom. The molecule has 0 unspecified atom stereocenters.